The van der Waals surface area contributed by atoms with Crippen molar-refractivity contribution < 1.29 is 0 Å². The first kappa shape index (κ1) is 25.5. The Morgan fingerprint density at radius 2 is 0.891 bits per heavy atom. The number of para-hydroxylation sites is 4. The van der Waals surface area contributed by atoms with Crippen LogP contribution in [0.2, 0.25) is 0 Å². The lowest BCUT2D eigenvalue weighted by molar-refractivity contribution is 0.873. The average molecular weight is 590 g/mol. The first-order valence-corrected chi connectivity index (χ1v) is 16.2. The number of benzene rings is 6. The number of aryl methyl sites for hydroxylation is 1. The van der Waals surface area contributed by atoms with Gasteiger partial charge in [-0.25, -0.2) is 0 Å². The van der Waals surface area contributed by atoms with Crippen molar-refractivity contribution >= 4 is 66.3 Å². The third-order valence-electron chi connectivity index (χ3n) is 10.0. The number of hydrogen-bond donors (Lipinski definition) is 0. The van der Waals surface area contributed by atoms with Crippen molar-refractivity contribution in [2.24, 2.45) is 0 Å². The Morgan fingerprint density at radius 1 is 0.413 bits per heavy atom. The van der Waals surface area contributed by atoms with Crippen LogP contribution >= 0.6 is 0 Å². The third-order valence-corrected chi connectivity index (χ3v) is 10.0. The van der Waals surface area contributed by atoms with Gasteiger partial charge in [-0.05, 0) is 80.4 Å². The largest absolute Gasteiger partial charge is 0.313 e. The molecule has 9 aromatic rings. The zero-order valence-electron chi connectivity index (χ0n) is 25.6. The summed E-state index contributed by atoms with van der Waals surface area (Å²) in [6, 6.07) is 51.2. The fourth-order valence-electron chi connectivity index (χ4n) is 7.99. The maximum atomic E-state index is 2.50. The monoisotopic (exact) mass is 589 g/mol. The van der Waals surface area contributed by atoms with Crippen LogP contribution < -0.4 is 0 Å². The Bertz CT molecular complexity index is 2590. The molecule has 0 bridgehead atoms. The molecule has 0 unspecified atom stereocenters. The molecule has 10 rings (SSSR count). The molecule has 0 saturated carbocycles. The van der Waals surface area contributed by atoms with Crippen LogP contribution in [0.4, 0.5) is 0 Å². The van der Waals surface area contributed by atoms with Crippen molar-refractivity contribution in [1.29, 1.82) is 0 Å². The number of hydrogen-bond acceptors (Lipinski definition) is 0. The van der Waals surface area contributed by atoms with Crippen molar-refractivity contribution in [3.63, 3.8) is 0 Å². The highest BCUT2D eigenvalue weighted by atomic mass is 15.0. The average Bonchev–Trinajstić information content (AvgIpc) is 3.74. The van der Waals surface area contributed by atoms with E-state index >= 15 is 0 Å². The highest BCUT2D eigenvalue weighted by Gasteiger charge is 2.24. The van der Waals surface area contributed by atoms with E-state index in [0.29, 0.717) is 0 Å². The number of fused-ring (bicyclic) bond motifs is 9. The topological polar surface area (TPSA) is 14.8 Å². The van der Waals surface area contributed by atoms with Gasteiger partial charge in [-0.3, -0.25) is 0 Å². The van der Waals surface area contributed by atoms with E-state index in [1.54, 1.807) is 0 Å². The van der Waals surface area contributed by atoms with Crippen LogP contribution in [0, 0.1) is 6.92 Å². The zero-order valence-corrected chi connectivity index (χ0v) is 25.6. The van der Waals surface area contributed by atoms with Crippen LogP contribution in [-0.4, -0.2) is 13.7 Å². The van der Waals surface area contributed by atoms with Gasteiger partial charge in [0, 0.05) is 55.3 Å². The number of allylic oxidation sites excluding steroid dienone is 1. The summed E-state index contributed by atoms with van der Waals surface area (Å²) in [6.07, 6.45) is 4.41. The molecule has 0 fully saturated rings. The minimum atomic E-state index is 0.968. The lowest BCUT2D eigenvalue weighted by atomic mass is 9.99. The van der Waals surface area contributed by atoms with Gasteiger partial charge in [0.1, 0.15) is 0 Å². The molecule has 46 heavy (non-hydrogen) atoms. The maximum Gasteiger partial charge on any atom is 0.0541 e. The molecule has 0 atom stereocenters. The predicted octanol–water partition coefficient (Wildman–Crippen LogP) is 11.1. The molecule has 3 heterocycles. The number of nitrogens with zero attached hydrogens (tertiary/aromatic N) is 3. The van der Waals surface area contributed by atoms with E-state index in [0.717, 1.165) is 12.8 Å². The second-order valence-corrected chi connectivity index (χ2v) is 12.6. The third kappa shape index (κ3) is 3.54. The Balaban J connectivity index is 1.27. The Labute approximate surface area is 266 Å². The highest BCUT2D eigenvalue weighted by molar-refractivity contribution is 6.12. The van der Waals surface area contributed by atoms with E-state index in [2.05, 4.69) is 166 Å². The minimum Gasteiger partial charge on any atom is -0.313 e. The van der Waals surface area contributed by atoms with Crippen LogP contribution in [0.5, 0.6) is 0 Å². The van der Waals surface area contributed by atoms with Crippen molar-refractivity contribution in [1.82, 2.24) is 13.7 Å². The van der Waals surface area contributed by atoms with E-state index < -0.39 is 0 Å². The summed E-state index contributed by atoms with van der Waals surface area (Å²) >= 11 is 0. The van der Waals surface area contributed by atoms with Gasteiger partial charge in [-0.15, -0.1) is 0 Å². The van der Waals surface area contributed by atoms with Gasteiger partial charge in [0.15, 0.2) is 0 Å². The molecule has 218 valence electrons. The summed E-state index contributed by atoms with van der Waals surface area (Å²) in [5, 5.41) is 6.46. The van der Waals surface area contributed by atoms with Gasteiger partial charge in [-0.1, -0.05) is 90.5 Å². The Hall–Kier alpha value is -5.80. The van der Waals surface area contributed by atoms with Crippen LogP contribution in [0.25, 0.3) is 77.7 Å². The summed E-state index contributed by atoms with van der Waals surface area (Å²) < 4.78 is 7.43. The second kappa shape index (κ2) is 9.60. The molecule has 6 aromatic carbocycles. The molecule has 0 radical (unpaired) electrons. The smallest absolute Gasteiger partial charge is 0.0541 e. The molecule has 0 amide bonds. The summed E-state index contributed by atoms with van der Waals surface area (Å²) in [4.78, 5) is 0. The van der Waals surface area contributed by atoms with Gasteiger partial charge in [0.2, 0.25) is 0 Å². The van der Waals surface area contributed by atoms with E-state index in [1.807, 2.05) is 0 Å². The molecule has 0 saturated heterocycles. The Kier molecular flexibility index (Phi) is 5.32. The molecule has 0 aliphatic heterocycles. The van der Waals surface area contributed by atoms with Gasteiger partial charge in [0.05, 0.1) is 27.6 Å². The fourth-order valence-corrected chi connectivity index (χ4v) is 7.99. The predicted molar refractivity (Wildman–Crippen MR) is 194 cm³/mol. The van der Waals surface area contributed by atoms with Crippen molar-refractivity contribution in [2.75, 3.05) is 0 Å². The molecule has 0 N–H and O–H groups in total. The normalized spacial score (nSPS) is 13.3. The standard InChI is InChI=1S/C43H31N3/c1-28-18-20-29(21-19-28)44-42-24-22-30(45-38-14-6-2-10-32(38)33-11-3-7-15-39(33)45)26-36(42)37-27-31(23-25-43(37)44)46-40-16-8-4-12-34(40)35-13-5-9-17-41(35)46/h2-22,24,26-27H,23,25H2,1H3. The van der Waals surface area contributed by atoms with E-state index in [4.69, 9.17) is 0 Å². The lowest BCUT2D eigenvalue weighted by Crippen LogP contribution is -2.08. The SMILES string of the molecule is Cc1ccc(-n2c3c(c4cc(-n5c6ccccc6c6ccccc65)ccc42)C=C(n2c4ccccc4c4ccccc42)CC3)cc1. The van der Waals surface area contributed by atoms with Crippen LogP contribution in [-0.2, 0) is 6.42 Å². The summed E-state index contributed by atoms with van der Waals surface area (Å²) in [7, 11) is 0. The molecule has 0 spiro atoms. The van der Waals surface area contributed by atoms with Crippen LogP contribution in [0.15, 0.2) is 140 Å². The Morgan fingerprint density at radius 3 is 1.46 bits per heavy atom. The molecular weight excluding hydrogens is 558 g/mol. The summed E-state index contributed by atoms with van der Waals surface area (Å²) in [6.45, 7) is 2.16. The van der Waals surface area contributed by atoms with Crippen molar-refractivity contribution in [3.05, 3.63) is 156 Å². The molecule has 3 nitrogen and oxygen atoms in total. The van der Waals surface area contributed by atoms with E-state index in [-0.39, 0.29) is 0 Å². The number of rotatable bonds is 3. The molecule has 1 aliphatic carbocycles. The quantitative estimate of drug-likeness (QED) is 0.195. The molecule has 3 heteroatoms. The second-order valence-electron chi connectivity index (χ2n) is 12.6. The first-order valence-electron chi connectivity index (χ1n) is 16.2. The van der Waals surface area contributed by atoms with Crippen molar-refractivity contribution in [2.45, 2.75) is 19.8 Å². The minimum absolute atomic E-state index is 0.968. The number of aromatic nitrogens is 3. The maximum absolute atomic E-state index is 2.50. The first-order chi connectivity index (χ1) is 22.7. The summed E-state index contributed by atoms with van der Waals surface area (Å²) in [5.41, 5.74) is 14.0. The molecule has 1 aliphatic rings. The highest BCUT2D eigenvalue weighted by Crippen LogP contribution is 2.42. The van der Waals surface area contributed by atoms with Gasteiger partial charge < -0.3 is 13.7 Å². The fraction of sp³-hybridized carbons (Fsp3) is 0.0698. The van der Waals surface area contributed by atoms with Gasteiger partial charge >= 0.3 is 0 Å². The zero-order chi connectivity index (χ0) is 30.4. The van der Waals surface area contributed by atoms with Gasteiger partial charge in [-0.2, -0.15) is 0 Å². The van der Waals surface area contributed by atoms with Gasteiger partial charge in [0.25, 0.3) is 0 Å². The van der Waals surface area contributed by atoms with Crippen molar-refractivity contribution in [3.8, 4) is 11.4 Å². The van der Waals surface area contributed by atoms with E-state index in [1.165, 1.54) is 88.4 Å². The molecule has 3 aromatic heterocycles. The van der Waals surface area contributed by atoms with E-state index in [9.17, 15) is 0 Å². The molecular formula is C43H31N3. The van der Waals surface area contributed by atoms with Crippen LogP contribution in [0.3, 0.4) is 0 Å². The lowest BCUT2D eigenvalue weighted by Gasteiger charge is -2.20. The summed E-state index contributed by atoms with van der Waals surface area (Å²) in [5.74, 6) is 0. The van der Waals surface area contributed by atoms with Crippen LogP contribution in [0.1, 0.15) is 23.2 Å².